The van der Waals surface area contributed by atoms with Gasteiger partial charge in [0.2, 0.25) is 0 Å². The number of ether oxygens (including phenoxy) is 1. The van der Waals surface area contributed by atoms with Crippen molar-refractivity contribution in [3.05, 3.63) is 41.2 Å². The first kappa shape index (κ1) is 16.0. The van der Waals surface area contributed by atoms with Gasteiger partial charge in [-0.2, -0.15) is 0 Å². The Hall–Kier alpha value is -2.37. The van der Waals surface area contributed by atoms with Crippen LogP contribution in [0.5, 0.6) is 5.75 Å². The number of carboxylic acids is 1. The molecule has 0 amide bonds. The average Bonchev–Trinajstić information content (AvgIpc) is 2.88. The lowest BCUT2D eigenvalue weighted by atomic mass is 10.2. The van der Waals surface area contributed by atoms with E-state index in [-0.39, 0.29) is 12.3 Å². The van der Waals surface area contributed by atoms with Gasteiger partial charge in [-0.3, -0.25) is 0 Å². The van der Waals surface area contributed by atoms with Gasteiger partial charge < -0.3 is 9.84 Å². The van der Waals surface area contributed by atoms with E-state index in [0.29, 0.717) is 23.9 Å². The van der Waals surface area contributed by atoms with E-state index >= 15 is 0 Å². The summed E-state index contributed by atoms with van der Waals surface area (Å²) < 4.78 is 7.30. The molecule has 0 aliphatic heterocycles. The number of aryl methyl sites for hydroxylation is 1. The number of aromatic carboxylic acids is 1. The van der Waals surface area contributed by atoms with Crippen molar-refractivity contribution >= 4 is 5.97 Å². The van der Waals surface area contributed by atoms with E-state index in [1.54, 1.807) is 4.68 Å². The van der Waals surface area contributed by atoms with Crippen LogP contribution in [0.4, 0.5) is 0 Å². The van der Waals surface area contributed by atoms with E-state index in [4.69, 9.17) is 4.74 Å². The van der Waals surface area contributed by atoms with Gasteiger partial charge in [0, 0.05) is 6.54 Å². The molecule has 0 radical (unpaired) electrons. The summed E-state index contributed by atoms with van der Waals surface area (Å²) in [4.78, 5) is 11.2. The molecule has 0 spiro atoms. The van der Waals surface area contributed by atoms with Crippen molar-refractivity contribution in [3.8, 4) is 5.75 Å². The number of nitrogens with zero attached hydrogens (tertiary/aromatic N) is 3. The lowest BCUT2D eigenvalue weighted by Crippen LogP contribution is -2.14. The minimum atomic E-state index is -1.09. The molecule has 0 saturated carbocycles. The van der Waals surface area contributed by atoms with Gasteiger partial charge in [-0.25, -0.2) is 9.48 Å². The van der Waals surface area contributed by atoms with Gasteiger partial charge >= 0.3 is 5.97 Å². The van der Waals surface area contributed by atoms with Gasteiger partial charge in [-0.15, -0.1) is 5.10 Å². The number of rotatable bonds is 7. The Morgan fingerprint density at radius 1 is 1.32 bits per heavy atom. The van der Waals surface area contributed by atoms with Crippen molar-refractivity contribution in [1.29, 1.82) is 0 Å². The molecule has 1 N–H and O–H groups in total. The maximum Gasteiger partial charge on any atom is 0.358 e. The third-order valence-electron chi connectivity index (χ3n) is 3.29. The molecule has 118 valence electrons. The highest BCUT2D eigenvalue weighted by atomic mass is 16.5. The van der Waals surface area contributed by atoms with Crippen LogP contribution in [0, 0.1) is 5.92 Å². The second-order valence-electron chi connectivity index (χ2n) is 5.55. The van der Waals surface area contributed by atoms with Gasteiger partial charge in [0.15, 0.2) is 5.69 Å². The summed E-state index contributed by atoms with van der Waals surface area (Å²) in [5.74, 6) is -0.0493. The van der Waals surface area contributed by atoms with Crippen LogP contribution in [0.2, 0.25) is 0 Å². The van der Waals surface area contributed by atoms with Crippen LogP contribution in [-0.4, -0.2) is 26.1 Å². The highest BCUT2D eigenvalue weighted by molar-refractivity contribution is 5.86. The standard InChI is InChI=1S/C16H21N3O3/c1-4-12-5-7-13(8-6-12)22-10-14-15(16(20)21)17-18-19(14)9-11(2)3/h5-8,11H,4,9-10H2,1-3H3,(H,20,21). The van der Waals surface area contributed by atoms with Crippen molar-refractivity contribution in [2.75, 3.05) is 0 Å². The fourth-order valence-corrected chi connectivity index (χ4v) is 2.11. The third kappa shape index (κ3) is 3.84. The largest absolute Gasteiger partial charge is 0.487 e. The first-order valence-electron chi connectivity index (χ1n) is 7.38. The monoisotopic (exact) mass is 303 g/mol. The number of hydrogen-bond acceptors (Lipinski definition) is 4. The van der Waals surface area contributed by atoms with E-state index in [1.807, 2.05) is 38.1 Å². The Morgan fingerprint density at radius 3 is 2.55 bits per heavy atom. The van der Waals surface area contributed by atoms with Gasteiger partial charge in [-0.05, 0) is 30.0 Å². The second kappa shape index (κ2) is 7.06. The van der Waals surface area contributed by atoms with Crippen LogP contribution in [0.3, 0.4) is 0 Å². The maximum atomic E-state index is 11.2. The predicted octanol–water partition coefficient (Wildman–Crippen LogP) is 2.77. The highest BCUT2D eigenvalue weighted by Crippen LogP contribution is 2.16. The van der Waals surface area contributed by atoms with Crippen molar-refractivity contribution < 1.29 is 14.6 Å². The lowest BCUT2D eigenvalue weighted by Gasteiger charge is -2.11. The molecule has 0 aliphatic rings. The summed E-state index contributed by atoms with van der Waals surface area (Å²) >= 11 is 0. The molecule has 2 aromatic rings. The number of benzene rings is 1. The summed E-state index contributed by atoms with van der Waals surface area (Å²) in [7, 11) is 0. The fraction of sp³-hybridized carbons (Fsp3) is 0.438. The Kier molecular flexibility index (Phi) is 5.14. The van der Waals surface area contributed by atoms with E-state index in [0.717, 1.165) is 6.42 Å². The zero-order valence-corrected chi connectivity index (χ0v) is 13.1. The molecule has 1 aromatic heterocycles. The maximum absolute atomic E-state index is 11.2. The zero-order valence-electron chi connectivity index (χ0n) is 13.1. The van der Waals surface area contributed by atoms with Crippen LogP contribution in [-0.2, 0) is 19.6 Å². The van der Waals surface area contributed by atoms with Gasteiger partial charge in [0.1, 0.15) is 18.1 Å². The van der Waals surface area contributed by atoms with Gasteiger partial charge in [0.05, 0.1) is 0 Å². The molecule has 0 saturated heterocycles. The minimum Gasteiger partial charge on any atom is -0.487 e. The van der Waals surface area contributed by atoms with Crippen molar-refractivity contribution in [1.82, 2.24) is 15.0 Å². The molecule has 0 atom stereocenters. The topological polar surface area (TPSA) is 77.2 Å². The SMILES string of the molecule is CCc1ccc(OCc2c(C(=O)O)nnn2CC(C)C)cc1. The second-order valence-corrected chi connectivity index (χ2v) is 5.55. The van der Waals surface area contributed by atoms with E-state index in [1.165, 1.54) is 5.56 Å². The molecule has 2 rings (SSSR count). The Bertz CT molecular complexity index is 633. The van der Waals surface area contributed by atoms with Crippen molar-refractivity contribution in [3.63, 3.8) is 0 Å². The van der Waals surface area contributed by atoms with Crippen molar-refractivity contribution in [2.45, 2.75) is 40.3 Å². The lowest BCUT2D eigenvalue weighted by molar-refractivity contribution is 0.0687. The molecule has 6 nitrogen and oxygen atoms in total. The molecule has 0 bridgehead atoms. The molecule has 1 aromatic carbocycles. The number of carbonyl (C=O) groups is 1. The van der Waals surface area contributed by atoms with Crippen molar-refractivity contribution in [2.24, 2.45) is 5.92 Å². The van der Waals surface area contributed by atoms with Crippen LogP contribution >= 0.6 is 0 Å². The molecule has 22 heavy (non-hydrogen) atoms. The van der Waals surface area contributed by atoms with E-state index < -0.39 is 5.97 Å². The van der Waals surface area contributed by atoms with E-state index in [2.05, 4.69) is 17.2 Å². The average molecular weight is 303 g/mol. The van der Waals surface area contributed by atoms with Gasteiger partial charge in [0.25, 0.3) is 0 Å². The number of aromatic nitrogens is 3. The summed E-state index contributed by atoms with van der Waals surface area (Å²) in [6.45, 7) is 6.90. The molecule has 0 fully saturated rings. The van der Waals surface area contributed by atoms with E-state index in [9.17, 15) is 9.90 Å². The first-order valence-corrected chi connectivity index (χ1v) is 7.38. The molecule has 6 heteroatoms. The number of carboxylic acid groups (broad SMARTS) is 1. The smallest absolute Gasteiger partial charge is 0.358 e. The summed E-state index contributed by atoms with van der Waals surface area (Å²) in [6, 6.07) is 7.76. The zero-order chi connectivity index (χ0) is 16.1. The van der Waals surface area contributed by atoms with Crippen LogP contribution in [0.1, 0.15) is 42.5 Å². The van der Waals surface area contributed by atoms with Gasteiger partial charge in [-0.1, -0.05) is 38.1 Å². The Balaban J connectivity index is 2.15. The van der Waals surface area contributed by atoms with Crippen LogP contribution in [0.15, 0.2) is 24.3 Å². The molecule has 0 aliphatic carbocycles. The summed E-state index contributed by atoms with van der Waals surface area (Å²) in [5, 5.41) is 16.9. The Morgan fingerprint density at radius 2 is 2.00 bits per heavy atom. The quantitative estimate of drug-likeness (QED) is 0.851. The predicted molar refractivity (Wildman–Crippen MR) is 82.0 cm³/mol. The fourth-order valence-electron chi connectivity index (χ4n) is 2.11. The molecule has 1 heterocycles. The third-order valence-corrected chi connectivity index (χ3v) is 3.29. The summed E-state index contributed by atoms with van der Waals surface area (Å²) in [5.41, 5.74) is 1.66. The number of hydrogen-bond donors (Lipinski definition) is 1. The van der Waals surface area contributed by atoms with Crippen LogP contribution < -0.4 is 4.74 Å². The van der Waals surface area contributed by atoms with Crippen LogP contribution in [0.25, 0.3) is 0 Å². The summed E-state index contributed by atoms with van der Waals surface area (Å²) in [6.07, 6.45) is 0.967. The molecule has 0 unspecified atom stereocenters. The molecular weight excluding hydrogens is 282 g/mol. The Labute approximate surface area is 129 Å². The first-order chi connectivity index (χ1) is 10.5. The minimum absolute atomic E-state index is 0.0502. The molecular formula is C16H21N3O3. The normalized spacial score (nSPS) is 10.9. The highest BCUT2D eigenvalue weighted by Gasteiger charge is 2.20.